The van der Waals surface area contributed by atoms with Gasteiger partial charge in [0.15, 0.2) is 0 Å². The number of hydrogen-bond donors (Lipinski definition) is 0. The number of nitrogens with zero attached hydrogens (tertiary/aromatic N) is 4. The molecule has 0 bridgehead atoms. The molecule has 1 saturated heterocycles. The summed E-state index contributed by atoms with van der Waals surface area (Å²) < 4.78 is 30.0. The van der Waals surface area contributed by atoms with Crippen LogP contribution in [0.15, 0.2) is 21.5 Å². The summed E-state index contributed by atoms with van der Waals surface area (Å²) in [6.07, 6.45) is 2.36. The van der Waals surface area contributed by atoms with Crippen LogP contribution in [0.3, 0.4) is 0 Å². The van der Waals surface area contributed by atoms with E-state index in [-0.39, 0.29) is 16.9 Å². The molecule has 20 heavy (non-hydrogen) atoms. The summed E-state index contributed by atoms with van der Waals surface area (Å²) in [5.41, 5.74) is 0.338. The first-order valence-corrected chi connectivity index (χ1v) is 7.96. The van der Waals surface area contributed by atoms with Crippen LogP contribution in [-0.2, 0) is 9.73 Å². The van der Waals surface area contributed by atoms with E-state index in [0.717, 1.165) is 12.5 Å². The fourth-order valence-electron chi connectivity index (χ4n) is 1.70. The molecule has 1 aromatic carbocycles. The van der Waals surface area contributed by atoms with Crippen LogP contribution in [0.1, 0.15) is 12.0 Å². The van der Waals surface area contributed by atoms with Gasteiger partial charge in [0.1, 0.15) is 17.4 Å². The first-order valence-electron chi connectivity index (χ1n) is 6.10. The average molecular weight is 294 g/mol. The zero-order valence-corrected chi connectivity index (χ0v) is 12.2. The van der Waals surface area contributed by atoms with Gasteiger partial charge in [0.25, 0.3) is 0 Å². The lowest BCUT2D eigenvalue weighted by Gasteiger charge is -2.17. The minimum atomic E-state index is -2.21. The monoisotopic (exact) mass is 294 g/mol. The van der Waals surface area contributed by atoms with E-state index in [2.05, 4.69) is 9.36 Å². The van der Waals surface area contributed by atoms with Gasteiger partial charge in [-0.3, -0.25) is 0 Å². The molecule has 0 amide bonds. The van der Waals surface area contributed by atoms with E-state index in [0.29, 0.717) is 11.5 Å². The summed E-state index contributed by atoms with van der Waals surface area (Å²) in [4.78, 5) is 5.73. The van der Waals surface area contributed by atoms with Crippen LogP contribution in [0.5, 0.6) is 0 Å². The molecular weight excluding hydrogens is 279 g/mol. The molecule has 0 aliphatic carbocycles. The van der Waals surface area contributed by atoms with Crippen molar-refractivity contribution in [2.45, 2.75) is 6.42 Å². The first-order chi connectivity index (χ1) is 9.43. The maximum atomic E-state index is 13.9. The molecule has 0 unspecified atom stereocenters. The molecule has 106 valence electrons. The van der Waals surface area contributed by atoms with Gasteiger partial charge in [-0.05, 0) is 12.5 Å². The fourth-order valence-corrected chi connectivity index (χ4v) is 3.15. The Morgan fingerprint density at radius 2 is 2.15 bits per heavy atom. The highest BCUT2D eigenvalue weighted by Gasteiger charge is 2.20. The molecule has 0 aromatic heterocycles. The highest BCUT2D eigenvalue weighted by molar-refractivity contribution is 7.95. The van der Waals surface area contributed by atoms with Crippen molar-refractivity contribution in [2.75, 3.05) is 25.6 Å². The van der Waals surface area contributed by atoms with Crippen LogP contribution in [0.4, 0.5) is 15.8 Å². The third kappa shape index (κ3) is 3.14. The standard InChI is InChI=1S/C13H15FN4OS/c1-18(2)9-16-13-7-10(6-12(14)11(13)8-15)17-20(19)4-3-5-20/h6-7,9H,3-5H2,1-2H3. The molecule has 2 rings (SSSR count). The highest BCUT2D eigenvalue weighted by Crippen LogP contribution is 2.30. The van der Waals surface area contributed by atoms with Crippen molar-refractivity contribution in [3.63, 3.8) is 0 Å². The lowest BCUT2D eigenvalue weighted by molar-refractivity contribution is 0.624. The number of nitriles is 1. The summed E-state index contributed by atoms with van der Waals surface area (Å²) in [6, 6.07) is 4.42. The number of halogens is 1. The second kappa shape index (κ2) is 5.59. The molecule has 5 nitrogen and oxygen atoms in total. The minimum Gasteiger partial charge on any atom is -0.369 e. The Morgan fingerprint density at radius 3 is 2.65 bits per heavy atom. The van der Waals surface area contributed by atoms with Gasteiger partial charge < -0.3 is 4.90 Å². The first kappa shape index (κ1) is 14.5. The molecule has 1 aliphatic rings. The van der Waals surface area contributed by atoms with Crippen molar-refractivity contribution < 1.29 is 8.60 Å². The van der Waals surface area contributed by atoms with Crippen LogP contribution < -0.4 is 0 Å². The van der Waals surface area contributed by atoms with Crippen molar-refractivity contribution in [3.8, 4) is 6.07 Å². The summed E-state index contributed by atoms with van der Waals surface area (Å²) in [7, 11) is 1.33. The van der Waals surface area contributed by atoms with Gasteiger partial charge in [-0.25, -0.2) is 13.6 Å². The largest absolute Gasteiger partial charge is 0.369 e. The number of aliphatic imine (C=N–C) groups is 1. The SMILES string of the molecule is CN(C)C=Nc1cc(N=S2(=O)CCC2)cc(F)c1C#N. The Morgan fingerprint density at radius 1 is 1.45 bits per heavy atom. The van der Waals surface area contributed by atoms with Crippen molar-refractivity contribution in [1.29, 1.82) is 5.26 Å². The average Bonchev–Trinajstić information content (AvgIpc) is 2.34. The van der Waals surface area contributed by atoms with Crippen LogP contribution in [0.2, 0.25) is 0 Å². The van der Waals surface area contributed by atoms with Gasteiger partial charge >= 0.3 is 0 Å². The molecule has 0 N–H and O–H groups in total. The molecule has 1 aliphatic heterocycles. The van der Waals surface area contributed by atoms with Gasteiger partial charge in [-0.1, -0.05) is 0 Å². The molecule has 1 heterocycles. The van der Waals surface area contributed by atoms with Gasteiger partial charge in [-0.2, -0.15) is 9.62 Å². The quantitative estimate of drug-likeness (QED) is 0.635. The lowest BCUT2D eigenvalue weighted by atomic mass is 10.1. The Kier molecular flexibility index (Phi) is 4.04. The topological polar surface area (TPSA) is 68.8 Å². The second-order valence-corrected chi connectivity index (χ2v) is 7.31. The molecule has 1 fully saturated rings. The third-order valence-corrected chi connectivity index (χ3v) is 5.19. The Bertz CT molecular complexity index is 702. The Balaban J connectivity index is 2.50. The zero-order valence-electron chi connectivity index (χ0n) is 11.3. The molecule has 0 spiro atoms. The minimum absolute atomic E-state index is 0.134. The van der Waals surface area contributed by atoms with Crippen LogP contribution in [-0.4, -0.2) is 41.0 Å². The normalized spacial score (nSPS) is 16.5. The van der Waals surface area contributed by atoms with Crippen molar-refractivity contribution in [2.24, 2.45) is 9.36 Å². The van der Waals surface area contributed by atoms with Crippen molar-refractivity contribution in [3.05, 3.63) is 23.5 Å². The molecule has 0 saturated carbocycles. The van der Waals surface area contributed by atoms with Gasteiger partial charge in [0.05, 0.1) is 27.4 Å². The number of rotatable bonds is 3. The van der Waals surface area contributed by atoms with E-state index in [1.165, 1.54) is 12.4 Å². The van der Waals surface area contributed by atoms with Crippen LogP contribution in [0.25, 0.3) is 0 Å². The predicted octanol–water partition coefficient (Wildman–Crippen LogP) is 2.42. The smallest absolute Gasteiger partial charge is 0.145 e. The van der Waals surface area contributed by atoms with Crippen molar-refractivity contribution >= 4 is 27.4 Å². The second-order valence-electron chi connectivity index (χ2n) is 4.77. The maximum Gasteiger partial charge on any atom is 0.145 e. The summed E-state index contributed by atoms with van der Waals surface area (Å²) in [6.45, 7) is 0. The fraction of sp³-hybridized carbons (Fsp3) is 0.385. The number of hydrogen-bond acceptors (Lipinski definition) is 4. The maximum absolute atomic E-state index is 13.9. The van der Waals surface area contributed by atoms with Crippen LogP contribution in [0, 0.1) is 17.1 Å². The van der Waals surface area contributed by atoms with E-state index in [4.69, 9.17) is 5.26 Å². The molecule has 1 aromatic rings. The summed E-state index contributed by atoms with van der Waals surface area (Å²) in [5.74, 6) is 0.400. The molecule has 0 radical (unpaired) electrons. The third-order valence-electron chi connectivity index (χ3n) is 2.79. The van der Waals surface area contributed by atoms with Gasteiger partial charge in [0, 0.05) is 31.7 Å². The molecule has 0 atom stereocenters. The van der Waals surface area contributed by atoms with E-state index in [1.807, 2.05) is 0 Å². The number of benzene rings is 1. The predicted molar refractivity (Wildman–Crippen MR) is 77.5 cm³/mol. The van der Waals surface area contributed by atoms with E-state index < -0.39 is 15.5 Å². The molecular formula is C13H15FN4OS. The van der Waals surface area contributed by atoms with E-state index in [1.54, 1.807) is 25.1 Å². The highest BCUT2D eigenvalue weighted by atomic mass is 32.2. The van der Waals surface area contributed by atoms with E-state index in [9.17, 15) is 8.60 Å². The van der Waals surface area contributed by atoms with Gasteiger partial charge in [0.2, 0.25) is 0 Å². The summed E-state index contributed by atoms with van der Waals surface area (Å²) >= 11 is 0. The lowest BCUT2D eigenvalue weighted by Crippen LogP contribution is -2.22. The van der Waals surface area contributed by atoms with Crippen LogP contribution >= 0.6 is 0 Å². The van der Waals surface area contributed by atoms with E-state index >= 15 is 0 Å². The zero-order chi connectivity index (χ0) is 14.8. The Labute approximate surface area is 117 Å². The Hall–Kier alpha value is -1.94. The van der Waals surface area contributed by atoms with Gasteiger partial charge in [-0.15, -0.1) is 0 Å². The summed E-state index contributed by atoms with van der Waals surface area (Å²) in [5, 5.41) is 8.98. The van der Waals surface area contributed by atoms with Crippen molar-refractivity contribution in [1.82, 2.24) is 4.90 Å². The molecule has 7 heteroatoms.